The number of likely N-dealkylation sites (tertiary alicyclic amines) is 1. The molecular weight excluding hydrogens is 462 g/mol. The average Bonchev–Trinajstić information content (AvgIpc) is 3.23. The Morgan fingerprint density at radius 2 is 2.00 bits per heavy atom. The normalized spacial score (nSPS) is 20.3. The van der Waals surface area contributed by atoms with Crippen molar-refractivity contribution in [2.45, 2.75) is 83.1 Å². The predicted molar refractivity (Wildman–Crippen MR) is 123 cm³/mol. The molecular formula is C23H32F2N6O4. The van der Waals surface area contributed by atoms with Crippen LogP contribution in [0.1, 0.15) is 58.6 Å². The zero-order chi connectivity index (χ0) is 25.2. The van der Waals surface area contributed by atoms with E-state index in [0.717, 1.165) is 6.42 Å². The number of hydrogen-bond acceptors (Lipinski definition) is 8. The summed E-state index contributed by atoms with van der Waals surface area (Å²) >= 11 is 0. The van der Waals surface area contributed by atoms with Crippen molar-refractivity contribution >= 4 is 11.9 Å². The van der Waals surface area contributed by atoms with E-state index in [9.17, 15) is 18.7 Å². The van der Waals surface area contributed by atoms with E-state index in [0.29, 0.717) is 30.9 Å². The smallest absolute Gasteiger partial charge is 0.410 e. The van der Waals surface area contributed by atoms with Crippen LogP contribution in [0, 0.1) is 0 Å². The van der Waals surface area contributed by atoms with Crippen LogP contribution in [0.3, 0.4) is 0 Å². The van der Waals surface area contributed by atoms with E-state index in [-0.39, 0.29) is 56.1 Å². The van der Waals surface area contributed by atoms with Crippen LogP contribution in [-0.4, -0.2) is 72.6 Å². The first-order valence-electron chi connectivity index (χ1n) is 11.8. The highest BCUT2D eigenvalue weighted by Gasteiger charge is 2.36. The number of amides is 1. The van der Waals surface area contributed by atoms with Gasteiger partial charge in [0.15, 0.2) is 0 Å². The maximum Gasteiger partial charge on any atom is 0.410 e. The first kappa shape index (κ1) is 25.1. The van der Waals surface area contributed by atoms with Crippen LogP contribution in [0.15, 0.2) is 18.3 Å². The van der Waals surface area contributed by atoms with Crippen molar-refractivity contribution < 1.29 is 28.2 Å². The molecule has 0 spiro atoms. The van der Waals surface area contributed by atoms with Crippen molar-refractivity contribution in [2.75, 3.05) is 18.5 Å². The zero-order valence-corrected chi connectivity index (χ0v) is 20.2. The molecule has 2 aromatic heterocycles. The third-order valence-corrected chi connectivity index (χ3v) is 5.97. The number of alkyl halides is 2. The molecule has 4 rings (SSSR count). The van der Waals surface area contributed by atoms with E-state index in [2.05, 4.69) is 20.4 Å². The van der Waals surface area contributed by atoms with Gasteiger partial charge >= 0.3 is 6.09 Å². The fourth-order valence-corrected chi connectivity index (χ4v) is 3.97. The molecule has 1 aliphatic carbocycles. The standard InChI is InChI=1S/C23H32F2N6O4/c1-22(2,3)35-21(33)30-10-7-17(30)14-34-19-12-18(26-15-4-8-23(24,25)9-5-15)27-20(28-19)31-11-6-16(13-32)29-31/h6,11-12,15,17,32H,4-5,7-10,13-14H2,1-3H3,(H,26,27,28). The number of carbonyl (C=O) groups excluding carboxylic acids is 1. The van der Waals surface area contributed by atoms with Gasteiger partial charge in [-0.2, -0.15) is 15.1 Å². The summed E-state index contributed by atoms with van der Waals surface area (Å²) in [6.45, 7) is 6.03. The quantitative estimate of drug-likeness (QED) is 0.601. The molecule has 1 unspecified atom stereocenters. The minimum atomic E-state index is -2.62. The number of carbonyl (C=O) groups is 1. The van der Waals surface area contributed by atoms with E-state index in [1.54, 1.807) is 23.2 Å². The van der Waals surface area contributed by atoms with Crippen molar-refractivity contribution in [1.29, 1.82) is 0 Å². The van der Waals surface area contributed by atoms with Gasteiger partial charge in [-0.3, -0.25) is 0 Å². The minimum absolute atomic E-state index is 0.147. The number of nitrogens with zero attached hydrogens (tertiary/aromatic N) is 5. The van der Waals surface area contributed by atoms with Gasteiger partial charge in [0.1, 0.15) is 18.0 Å². The van der Waals surface area contributed by atoms with Crippen LogP contribution in [0.25, 0.3) is 5.95 Å². The first-order chi connectivity index (χ1) is 16.5. The van der Waals surface area contributed by atoms with Gasteiger partial charge in [-0.15, -0.1) is 0 Å². The van der Waals surface area contributed by atoms with Gasteiger partial charge in [0.25, 0.3) is 5.95 Å². The molecule has 1 amide bonds. The highest BCUT2D eigenvalue weighted by Crippen LogP contribution is 2.34. The maximum atomic E-state index is 13.6. The summed E-state index contributed by atoms with van der Waals surface area (Å²) in [6.07, 6.45) is 2.31. The molecule has 1 aliphatic heterocycles. The van der Waals surface area contributed by atoms with E-state index in [1.807, 2.05) is 20.8 Å². The number of hydrogen-bond donors (Lipinski definition) is 2. The van der Waals surface area contributed by atoms with E-state index < -0.39 is 11.5 Å². The Labute approximate surface area is 202 Å². The molecule has 2 aliphatic rings. The number of anilines is 1. The summed E-state index contributed by atoms with van der Waals surface area (Å²) in [7, 11) is 0. The predicted octanol–water partition coefficient (Wildman–Crippen LogP) is 3.53. The maximum absolute atomic E-state index is 13.6. The first-order valence-corrected chi connectivity index (χ1v) is 11.8. The van der Waals surface area contributed by atoms with E-state index >= 15 is 0 Å². The highest BCUT2D eigenvalue weighted by molar-refractivity contribution is 5.69. The molecule has 1 saturated carbocycles. The highest BCUT2D eigenvalue weighted by atomic mass is 19.3. The molecule has 12 heteroatoms. The second-order valence-electron chi connectivity index (χ2n) is 10.0. The van der Waals surface area contributed by atoms with Crippen LogP contribution in [0.4, 0.5) is 19.4 Å². The second-order valence-corrected chi connectivity index (χ2v) is 10.0. The van der Waals surface area contributed by atoms with Gasteiger partial charge in [-0.1, -0.05) is 0 Å². The monoisotopic (exact) mass is 494 g/mol. The van der Waals surface area contributed by atoms with E-state index in [1.165, 1.54) is 4.68 Å². The Morgan fingerprint density at radius 1 is 1.26 bits per heavy atom. The van der Waals surface area contributed by atoms with Crippen LogP contribution >= 0.6 is 0 Å². The number of nitrogens with one attached hydrogen (secondary N) is 1. The number of halogens is 2. The number of aliphatic hydroxyl groups is 1. The summed E-state index contributed by atoms with van der Waals surface area (Å²) in [5.41, 5.74) is -0.132. The molecule has 10 nitrogen and oxygen atoms in total. The number of aromatic nitrogens is 4. The second kappa shape index (κ2) is 9.92. The van der Waals surface area contributed by atoms with Gasteiger partial charge < -0.3 is 24.8 Å². The summed E-state index contributed by atoms with van der Waals surface area (Å²) in [5, 5.41) is 16.8. The topological polar surface area (TPSA) is 115 Å². The summed E-state index contributed by atoms with van der Waals surface area (Å²) in [4.78, 5) is 22.9. The number of ether oxygens (including phenoxy) is 2. The van der Waals surface area contributed by atoms with Crippen molar-refractivity contribution in [3.05, 3.63) is 24.0 Å². The Hall–Kier alpha value is -3.02. The molecule has 192 valence electrons. The molecule has 2 N–H and O–H groups in total. The van der Waals surface area contributed by atoms with Gasteiger partial charge in [0, 0.05) is 37.7 Å². The number of rotatable bonds is 7. The Morgan fingerprint density at radius 3 is 2.60 bits per heavy atom. The Bertz CT molecular complexity index is 1030. The van der Waals surface area contributed by atoms with E-state index in [4.69, 9.17) is 9.47 Å². The molecule has 0 bridgehead atoms. The van der Waals surface area contributed by atoms with Crippen LogP contribution in [0.5, 0.6) is 5.88 Å². The number of aliphatic hydroxyl groups excluding tert-OH is 1. The molecule has 3 heterocycles. The average molecular weight is 495 g/mol. The van der Waals surface area contributed by atoms with Gasteiger partial charge in [-0.25, -0.2) is 18.3 Å². The molecule has 1 saturated heterocycles. The lowest BCUT2D eigenvalue weighted by Gasteiger charge is -2.40. The lowest BCUT2D eigenvalue weighted by Crippen LogP contribution is -2.55. The van der Waals surface area contributed by atoms with Crippen molar-refractivity contribution in [2.24, 2.45) is 0 Å². The molecule has 1 atom stereocenters. The van der Waals surface area contributed by atoms with Crippen molar-refractivity contribution in [3.8, 4) is 11.8 Å². The summed E-state index contributed by atoms with van der Waals surface area (Å²) in [6, 6.07) is 2.96. The van der Waals surface area contributed by atoms with Crippen LogP contribution in [0.2, 0.25) is 0 Å². The fourth-order valence-electron chi connectivity index (χ4n) is 3.97. The van der Waals surface area contributed by atoms with Crippen LogP contribution < -0.4 is 10.1 Å². The fraction of sp³-hybridized carbons (Fsp3) is 0.652. The van der Waals surface area contributed by atoms with Crippen LogP contribution in [-0.2, 0) is 11.3 Å². The van der Waals surface area contributed by atoms with Gasteiger partial charge in [0.2, 0.25) is 11.8 Å². The minimum Gasteiger partial charge on any atom is -0.475 e. The largest absolute Gasteiger partial charge is 0.475 e. The van der Waals surface area contributed by atoms with Crippen molar-refractivity contribution in [3.63, 3.8) is 0 Å². The summed E-state index contributed by atoms with van der Waals surface area (Å²) < 4.78 is 39.9. The molecule has 35 heavy (non-hydrogen) atoms. The molecule has 0 radical (unpaired) electrons. The molecule has 2 aromatic rings. The Balaban J connectivity index is 1.47. The lowest BCUT2D eigenvalue weighted by molar-refractivity contribution is -0.0361. The van der Waals surface area contributed by atoms with Crippen molar-refractivity contribution in [1.82, 2.24) is 24.6 Å². The van der Waals surface area contributed by atoms with Gasteiger partial charge in [0.05, 0.1) is 18.3 Å². The molecule has 0 aromatic carbocycles. The lowest BCUT2D eigenvalue weighted by atomic mass is 9.92. The third kappa shape index (κ3) is 6.56. The third-order valence-electron chi connectivity index (χ3n) is 5.97. The van der Waals surface area contributed by atoms with Gasteiger partial charge in [-0.05, 0) is 46.1 Å². The SMILES string of the molecule is CC(C)(C)OC(=O)N1CCC1COc1cc(NC2CCC(F)(F)CC2)nc(-n2ccc(CO)n2)n1. The zero-order valence-electron chi connectivity index (χ0n) is 20.2. The Kier molecular flexibility index (Phi) is 7.11. The summed E-state index contributed by atoms with van der Waals surface area (Å²) in [5.74, 6) is -1.72. The molecule has 2 fully saturated rings.